The first-order valence-corrected chi connectivity index (χ1v) is 10.2. The summed E-state index contributed by atoms with van der Waals surface area (Å²) >= 11 is 0. The number of rotatable bonds is 7. The van der Waals surface area contributed by atoms with Crippen molar-refractivity contribution in [3.8, 4) is 16.9 Å². The highest BCUT2D eigenvalue weighted by Crippen LogP contribution is 2.22. The first-order chi connectivity index (χ1) is 15.5. The van der Waals surface area contributed by atoms with Gasteiger partial charge in [0.2, 0.25) is 0 Å². The summed E-state index contributed by atoms with van der Waals surface area (Å²) in [6.07, 6.45) is 1.60. The number of ether oxygens (including phenoxy) is 1. The number of esters is 1. The predicted octanol–water partition coefficient (Wildman–Crippen LogP) is 4.11. The van der Waals surface area contributed by atoms with Crippen molar-refractivity contribution in [3.63, 3.8) is 0 Å². The zero-order valence-electron chi connectivity index (χ0n) is 17.8. The zero-order chi connectivity index (χ0) is 22.5. The standard InChI is InChI=1S/C24H23N5O3/c1-17(2)28-22(13-14-25-28)26-23(30)16-32-24(31)21-15-20(18-9-5-3-6-10-18)27-29(21)19-11-7-4-8-12-19/h3-15,17H,16H2,1-2H3,(H,26,30). The van der Waals surface area contributed by atoms with Crippen molar-refractivity contribution < 1.29 is 14.3 Å². The van der Waals surface area contributed by atoms with Gasteiger partial charge in [0.15, 0.2) is 12.3 Å². The van der Waals surface area contributed by atoms with Crippen molar-refractivity contribution >= 4 is 17.7 Å². The summed E-state index contributed by atoms with van der Waals surface area (Å²) in [5.41, 5.74) is 2.45. The normalized spacial score (nSPS) is 10.8. The van der Waals surface area contributed by atoms with E-state index in [0.29, 0.717) is 17.2 Å². The molecule has 0 aliphatic carbocycles. The molecule has 2 aromatic carbocycles. The third-order valence-electron chi connectivity index (χ3n) is 4.75. The molecule has 4 aromatic rings. The highest BCUT2D eigenvalue weighted by molar-refractivity contribution is 5.95. The first kappa shape index (κ1) is 21.0. The Morgan fingerprint density at radius 1 is 1.00 bits per heavy atom. The second kappa shape index (κ2) is 9.30. The molecule has 0 unspecified atom stereocenters. The van der Waals surface area contributed by atoms with Crippen LogP contribution in [0, 0.1) is 0 Å². The third kappa shape index (κ3) is 4.59. The molecular formula is C24H23N5O3. The second-order valence-electron chi connectivity index (χ2n) is 7.41. The van der Waals surface area contributed by atoms with Gasteiger partial charge >= 0.3 is 5.97 Å². The minimum Gasteiger partial charge on any atom is -0.451 e. The molecule has 0 aliphatic rings. The van der Waals surface area contributed by atoms with E-state index in [1.165, 1.54) is 4.68 Å². The van der Waals surface area contributed by atoms with E-state index in [0.717, 1.165) is 5.56 Å². The molecule has 32 heavy (non-hydrogen) atoms. The van der Waals surface area contributed by atoms with E-state index < -0.39 is 18.5 Å². The Kier molecular flexibility index (Phi) is 6.12. The second-order valence-corrected chi connectivity index (χ2v) is 7.41. The average molecular weight is 429 g/mol. The smallest absolute Gasteiger partial charge is 0.357 e. The Morgan fingerprint density at radius 2 is 1.69 bits per heavy atom. The number of carbonyl (C=O) groups is 2. The van der Waals surface area contributed by atoms with E-state index in [1.807, 2.05) is 74.5 Å². The van der Waals surface area contributed by atoms with Gasteiger partial charge < -0.3 is 10.1 Å². The summed E-state index contributed by atoms with van der Waals surface area (Å²) in [4.78, 5) is 25.2. The van der Waals surface area contributed by atoms with E-state index in [1.54, 1.807) is 23.0 Å². The molecule has 2 heterocycles. The van der Waals surface area contributed by atoms with Crippen molar-refractivity contribution in [2.45, 2.75) is 19.9 Å². The van der Waals surface area contributed by atoms with Gasteiger partial charge in [0, 0.05) is 17.7 Å². The molecule has 8 nitrogen and oxygen atoms in total. The van der Waals surface area contributed by atoms with E-state index in [9.17, 15) is 9.59 Å². The highest BCUT2D eigenvalue weighted by Gasteiger charge is 2.20. The molecule has 2 aromatic heterocycles. The lowest BCUT2D eigenvalue weighted by Crippen LogP contribution is -2.23. The molecule has 0 saturated carbocycles. The van der Waals surface area contributed by atoms with E-state index >= 15 is 0 Å². The van der Waals surface area contributed by atoms with Crippen LogP contribution in [0.2, 0.25) is 0 Å². The number of carbonyl (C=O) groups excluding carboxylic acids is 2. The maximum Gasteiger partial charge on any atom is 0.357 e. The van der Waals surface area contributed by atoms with Crippen LogP contribution in [0.3, 0.4) is 0 Å². The molecule has 162 valence electrons. The van der Waals surface area contributed by atoms with Crippen LogP contribution in [0.15, 0.2) is 79.0 Å². The molecular weight excluding hydrogens is 406 g/mol. The summed E-state index contributed by atoms with van der Waals surface area (Å²) in [6, 6.07) is 22.3. The molecule has 0 aliphatic heterocycles. The molecule has 0 radical (unpaired) electrons. The van der Waals surface area contributed by atoms with Crippen molar-refractivity contribution in [1.82, 2.24) is 19.6 Å². The van der Waals surface area contributed by atoms with Gasteiger partial charge in [-0.3, -0.25) is 4.79 Å². The molecule has 1 N–H and O–H groups in total. The number of amides is 1. The summed E-state index contributed by atoms with van der Waals surface area (Å²) in [5.74, 6) is -0.549. The van der Waals surface area contributed by atoms with Gasteiger partial charge in [-0.05, 0) is 32.0 Å². The van der Waals surface area contributed by atoms with Crippen LogP contribution in [0.1, 0.15) is 30.4 Å². The predicted molar refractivity (Wildman–Crippen MR) is 121 cm³/mol. The SMILES string of the molecule is CC(C)n1nccc1NC(=O)COC(=O)c1cc(-c2ccccc2)nn1-c1ccccc1. The molecule has 0 fully saturated rings. The van der Waals surface area contributed by atoms with Crippen LogP contribution in [0.25, 0.3) is 16.9 Å². The van der Waals surface area contributed by atoms with Gasteiger partial charge in [-0.15, -0.1) is 0 Å². The maximum absolute atomic E-state index is 12.9. The fourth-order valence-electron chi connectivity index (χ4n) is 3.25. The lowest BCUT2D eigenvalue weighted by Gasteiger charge is -2.12. The summed E-state index contributed by atoms with van der Waals surface area (Å²) < 4.78 is 8.51. The Labute approximate surface area is 185 Å². The van der Waals surface area contributed by atoms with Crippen molar-refractivity contribution in [2.24, 2.45) is 0 Å². The zero-order valence-corrected chi connectivity index (χ0v) is 17.8. The summed E-state index contributed by atoms with van der Waals surface area (Å²) in [7, 11) is 0. The van der Waals surface area contributed by atoms with Crippen LogP contribution >= 0.6 is 0 Å². The van der Waals surface area contributed by atoms with Crippen molar-refractivity contribution in [1.29, 1.82) is 0 Å². The Hall–Kier alpha value is -4.20. The van der Waals surface area contributed by atoms with Gasteiger partial charge in [-0.25, -0.2) is 14.2 Å². The number of nitrogens with one attached hydrogen (secondary N) is 1. The highest BCUT2D eigenvalue weighted by atomic mass is 16.5. The summed E-state index contributed by atoms with van der Waals surface area (Å²) in [6.45, 7) is 3.48. The van der Waals surface area contributed by atoms with Crippen LogP contribution in [-0.4, -0.2) is 38.0 Å². The van der Waals surface area contributed by atoms with Gasteiger partial charge in [-0.1, -0.05) is 48.5 Å². The average Bonchev–Trinajstić information content (AvgIpc) is 3.46. The number of aromatic nitrogens is 4. The Balaban J connectivity index is 1.53. The van der Waals surface area contributed by atoms with Crippen molar-refractivity contribution in [3.05, 3.63) is 84.7 Å². The van der Waals surface area contributed by atoms with Crippen molar-refractivity contribution in [2.75, 3.05) is 11.9 Å². The minimum absolute atomic E-state index is 0.0829. The van der Waals surface area contributed by atoms with E-state index in [-0.39, 0.29) is 11.7 Å². The first-order valence-electron chi connectivity index (χ1n) is 10.2. The quantitative estimate of drug-likeness (QED) is 0.447. The van der Waals surface area contributed by atoms with E-state index in [4.69, 9.17) is 4.74 Å². The molecule has 0 atom stereocenters. The van der Waals surface area contributed by atoms with Crippen LogP contribution in [0.4, 0.5) is 5.82 Å². The van der Waals surface area contributed by atoms with Gasteiger partial charge in [0.1, 0.15) is 5.82 Å². The minimum atomic E-state index is -0.643. The van der Waals surface area contributed by atoms with Gasteiger partial charge in [0.05, 0.1) is 17.6 Å². The number of hydrogen-bond donors (Lipinski definition) is 1. The number of hydrogen-bond acceptors (Lipinski definition) is 5. The molecule has 1 amide bonds. The monoisotopic (exact) mass is 429 g/mol. The Bertz CT molecular complexity index is 1210. The number of benzene rings is 2. The fourth-order valence-corrected chi connectivity index (χ4v) is 3.25. The summed E-state index contributed by atoms with van der Waals surface area (Å²) in [5, 5.41) is 11.5. The van der Waals surface area contributed by atoms with Crippen LogP contribution in [0.5, 0.6) is 0 Å². The van der Waals surface area contributed by atoms with Crippen LogP contribution in [-0.2, 0) is 9.53 Å². The molecule has 0 saturated heterocycles. The van der Waals surface area contributed by atoms with E-state index in [2.05, 4.69) is 15.5 Å². The molecule has 8 heteroatoms. The van der Waals surface area contributed by atoms with Gasteiger partial charge in [-0.2, -0.15) is 10.2 Å². The molecule has 4 rings (SSSR count). The molecule has 0 spiro atoms. The topological polar surface area (TPSA) is 91.0 Å². The number of anilines is 1. The van der Waals surface area contributed by atoms with Crippen LogP contribution < -0.4 is 5.32 Å². The lowest BCUT2D eigenvalue weighted by molar-refractivity contribution is -0.119. The number of para-hydroxylation sites is 1. The lowest BCUT2D eigenvalue weighted by atomic mass is 10.1. The number of nitrogens with zero attached hydrogens (tertiary/aromatic N) is 4. The third-order valence-corrected chi connectivity index (χ3v) is 4.75. The van der Waals surface area contributed by atoms with Gasteiger partial charge in [0.25, 0.3) is 5.91 Å². The Morgan fingerprint density at radius 3 is 2.38 bits per heavy atom. The molecule has 0 bridgehead atoms. The largest absolute Gasteiger partial charge is 0.451 e. The fraction of sp³-hybridized carbons (Fsp3) is 0.167. The maximum atomic E-state index is 12.9.